The first kappa shape index (κ1) is 8.51. The van der Waals surface area contributed by atoms with E-state index in [1.54, 1.807) is 0 Å². The van der Waals surface area contributed by atoms with Gasteiger partial charge in [-0.3, -0.25) is 0 Å². The smallest absolute Gasteiger partial charge is 0.275 e. The van der Waals surface area contributed by atoms with Gasteiger partial charge in [-0.2, -0.15) is 5.26 Å². The average molecular weight is 125 g/mol. The van der Waals surface area contributed by atoms with Gasteiger partial charge in [-0.25, -0.2) is 0 Å². The second-order valence-electron chi connectivity index (χ2n) is 2.27. The van der Waals surface area contributed by atoms with Gasteiger partial charge in [0.05, 0.1) is 6.07 Å². The van der Waals surface area contributed by atoms with E-state index >= 15 is 0 Å². The lowest BCUT2D eigenvalue weighted by atomic mass is 9.71. The van der Waals surface area contributed by atoms with Crippen molar-refractivity contribution in [2.45, 2.75) is 26.1 Å². The topological polar surface area (TPSA) is 44.0 Å². The molecule has 9 heavy (non-hydrogen) atoms. The molecule has 0 aromatic carbocycles. The van der Waals surface area contributed by atoms with E-state index in [0.29, 0.717) is 0 Å². The molecule has 0 heterocycles. The monoisotopic (exact) mass is 125 g/mol. The molecular formula is C6H12BNO. The molecule has 0 rings (SSSR count). The van der Waals surface area contributed by atoms with Crippen molar-refractivity contribution in [1.29, 1.82) is 5.26 Å². The molecule has 0 saturated heterocycles. The van der Waals surface area contributed by atoms with Gasteiger partial charge in [-0.05, 0) is 12.7 Å². The van der Waals surface area contributed by atoms with Crippen LogP contribution in [0.4, 0.5) is 0 Å². The third-order valence-corrected chi connectivity index (χ3v) is 1.67. The quantitative estimate of drug-likeness (QED) is 0.563. The minimum atomic E-state index is -0.0139. The van der Waals surface area contributed by atoms with Crippen LogP contribution < -0.4 is 0 Å². The minimum Gasteiger partial charge on any atom is -0.454 e. The summed E-state index contributed by atoms with van der Waals surface area (Å²) in [7, 11) is 0.130. The zero-order valence-electron chi connectivity index (χ0n) is 5.96. The fourth-order valence-electron chi connectivity index (χ4n) is 0.746. The summed E-state index contributed by atoms with van der Waals surface area (Å²) in [6.45, 7) is 3.82. The summed E-state index contributed by atoms with van der Waals surface area (Å²) in [5, 5.41) is 17.1. The van der Waals surface area contributed by atoms with Crippen molar-refractivity contribution in [2.75, 3.05) is 0 Å². The SMILES string of the molecule is CC[C@H](BO)C(C)C#N. The summed E-state index contributed by atoms with van der Waals surface area (Å²) >= 11 is 0. The molecule has 0 aliphatic carbocycles. The predicted molar refractivity (Wildman–Crippen MR) is 38.2 cm³/mol. The summed E-state index contributed by atoms with van der Waals surface area (Å²) in [5.74, 6) is 0.148. The summed E-state index contributed by atoms with van der Waals surface area (Å²) < 4.78 is 0. The molecule has 0 aliphatic heterocycles. The lowest BCUT2D eigenvalue weighted by molar-refractivity contribution is 0.530. The Labute approximate surface area is 56.8 Å². The lowest BCUT2D eigenvalue weighted by Gasteiger charge is -2.10. The summed E-state index contributed by atoms with van der Waals surface area (Å²) in [4.78, 5) is 0. The predicted octanol–water partition coefficient (Wildman–Crippen LogP) is 0.688. The van der Waals surface area contributed by atoms with E-state index in [0.717, 1.165) is 6.42 Å². The normalized spacial score (nSPS) is 15.8. The Morgan fingerprint density at radius 1 is 1.78 bits per heavy atom. The van der Waals surface area contributed by atoms with Crippen molar-refractivity contribution in [1.82, 2.24) is 0 Å². The van der Waals surface area contributed by atoms with E-state index in [4.69, 9.17) is 10.3 Å². The molecule has 0 bridgehead atoms. The largest absolute Gasteiger partial charge is 0.454 e. The number of hydrogen-bond donors (Lipinski definition) is 1. The van der Waals surface area contributed by atoms with E-state index in [-0.39, 0.29) is 19.2 Å². The van der Waals surface area contributed by atoms with Crippen molar-refractivity contribution in [3.05, 3.63) is 0 Å². The summed E-state index contributed by atoms with van der Waals surface area (Å²) in [6.07, 6.45) is 0.880. The fraction of sp³-hybridized carbons (Fsp3) is 0.833. The molecule has 0 aliphatic rings. The summed E-state index contributed by atoms with van der Waals surface area (Å²) in [6, 6.07) is 2.11. The van der Waals surface area contributed by atoms with Crippen LogP contribution in [0.2, 0.25) is 5.82 Å². The number of nitriles is 1. The highest BCUT2D eigenvalue weighted by Gasteiger charge is 2.14. The van der Waals surface area contributed by atoms with E-state index in [1.165, 1.54) is 0 Å². The molecule has 0 radical (unpaired) electrons. The Balaban J connectivity index is 3.67. The maximum atomic E-state index is 8.68. The second kappa shape index (κ2) is 4.40. The van der Waals surface area contributed by atoms with E-state index in [2.05, 4.69) is 6.07 Å². The fourth-order valence-corrected chi connectivity index (χ4v) is 0.746. The van der Waals surface area contributed by atoms with Crippen LogP contribution in [-0.2, 0) is 0 Å². The van der Waals surface area contributed by atoms with Gasteiger partial charge >= 0.3 is 0 Å². The number of rotatable bonds is 3. The Morgan fingerprint density at radius 3 is 2.44 bits per heavy atom. The van der Waals surface area contributed by atoms with Crippen molar-refractivity contribution in [3.63, 3.8) is 0 Å². The highest BCUT2D eigenvalue weighted by atomic mass is 16.2. The molecule has 0 spiro atoms. The molecule has 1 N–H and O–H groups in total. The first-order valence-electron chi connectivity index (χ1n) is 3.26. The van der Waals surface area contributed by atoms with Gasteiger partial charge < -0.3 is 5.02 Å². The Bertz CT molecular complexity index is 106. The molecule has 3 heteroatoms. The Morgan fingerprint density at radius 2 is 2.33 bits per heavy atom. The minimum absolute atomic E-state index is 0.0139. The standard InChI is InChI=1S/C6H12BNO/c1-3-6(7-9)5(2)4-8/h5-7,9H,3H2,1-2H3/t5?,6-/m0/s1. The average Bonchev–Trinajstić information content (AvgIpc) is 1.90. The molecule has 2 atom stereocenters. The maximum absolute atomic E-state index is 8.68. The number of nitrogens with zero attached hydrogens (tertiary/aromatic N) is 1. The van der Waals surface area contributed by atoms with Gasteiger partial charge in [0.15, 0.2) is 0 Å². The van der Waals surface area contributed by atoms with Crippen LogP contribution >= 0.6 is 0 Å². The molecule has 50 valence electrons. The molecule has 0 saturated carbocycles. The lowest BCUT2D eigenvalue weighted by Crippen LogP contribution is -2.09. The first-order chi connectivity index (χ1) is 4.26. The van der Waals surface area contributed by atoms with Crippen molar-refractivity contribution < 1.29 is 5.02 Å². The van der Waals surface area contributed by atoms with Gasteiger partial charge in [0.2, 0.25) is 0 Å². The van der Waals surface area contributed by atoms with Crippen LogP contribution in [0.5, 0.6) is 0 Å². The van der Waals surface area contributed by atoms with Gasteiger partial charge in [-0.15, -0.1) is 0 Å². The van der Waals surface area contributed by atoms with E-state index < -0.39 is 0 Å². The molecule has 0 amide bonds. The van der Waals surface area contributed by atoms with Crippen LogP contribution in [0.25, 0.3) is 0 Å². The van der Waals surface area contributed by atoms with Gasteiger partial charge in [0, 0.05) is 5.92 Å². The van der Waals surface area contributed by atoms with Crippen LogP contribution in [0.15, 0.2) is 0 Å². The summed E-state index contributed by atoms with van der Waals surface area (Å²) in [5.41, 5.74) is 0. The Hall–Kier alpha value is -0.485. The molecule has 2 nitrogen and oxygen atoms in total. The zero-order valence-corrected chi connectivity index (χ0v) is 5.96. The molecule has 0 aromatic rings. The van der Waals surface area contributed by atoms with Gasteiger partial charge in [0.1, 0.15) is 0 Å². The molecule has 1 unspecified atom stereocenters. The van der Waals surface area contributed by atoms with Crippen molar-refractivity contribution in [3.8, 4) is 6.07 Å². The van der Waals surface area contributed by atoms with Crippen LogP contribution in [-0.4, -0.2) is 12.5 Å². The zero-order chi connectivity index (χ0) is 7.28. The van der Waals surface area contributed by atoms with Crippen LogP contribution in [0, 0.1) is 17.2 Å². The second-order valence-corrected chi connectivity index (χ2v) is 2.27. The van der Waals surface area contributed by atoms with E-state index in [1.807, 2.05) is 13.8 Å². The molecule has 0 aromatic heterocycles. The molecule has 0 fully saturated rings. The van der Waals surface area contributed by atoms with Gasteiger partial charge in [0.25, 0.3) is 7.48 Å². The Kier molecular flexibility index (Phi) is 4.16. The van der Waals surface area contributed by atoms with Crippen molar-refractivity contribution in [2.24, 2.45) is 5.92 Å². The highest BCUT2D eigenvalue weighted by molar-refractivity contribution is 6.27. The van der Waals surface area contributed by atoms with Crippen LogP contribution in [0.1, 0.15) is 20.3 Å². The van der Waals surface area contributed by atoms with Crippen molar-refractivity contribution >= 4 is 7.48 Å². The first-order valence-corrected chi connectivity index (χ1v) is 3.26. The van der Waals surface area contributed by atoms with E-state index in [9.17, 15) is 0 Å². The van der Waals surface area contributed by atoms with Crippen LogP contribution in [0.3, 0.4) is 0 Å². The third-order valence-electron chi connectivity index (χ3n) is 1.67. The maximum Gasteiger partial charge on any atom is 0.275 e. The van der Waals surface area contributed by atoms with Gasteiger partial charge in [-0.1, -0.05) is 13.3 Å². The third kappa shape index (κ3) is 2.52. The highest BCUT2D eigenvalue weighted by Crippen LogP contribution is 2.18. The molecular weight excluding hydrogens is 113 g/mol. The number of hydrogen-bond acceptors (Lipinski definition) is 2.